The molecule has 0 radical (unpaired) electrons. The first-order valence-electron chi connectivity index (χ1n) is 12.2. The number of aliphatic hydroxyl groups is 1. The average molecular weight is 541 g/mol. The first-order valence-corrected chi connectivity index (χ1v) is 12.7. The van der Waals surface area contributed by atoms with Crippen molar-refractivity contribution in [2.45, 2.75) is 95.1 Å². The van der Waals surface area contributed by atoms with E-state index in [2.05, 4.69) is 13.2 Å². The second-order valence-corrected chi connectivity index (χ2v) is 11.2. The first-order chi connectivity index (χ1) is 17.1. The predicted octanol–water partition coefficient (Wildman–Crippen LogP) is 2.34. The average Bonchev–Trinajstić information content (AvgIpc) is 3.03. The molecule has 1 aliphatic carbocycles. The van der Waals surface area contributed by atoms with Gasteiger partial charge in [-0.15, -0.1) is 11.6 Å². The Labute approximate surface area is 220 Å². The van der Waals surface area contributed by atoms with Gasteiger partial charge in [-0.3, -0.25) is 19.2 Å². The van der Waals surface area contributed by atoms with Gasteiger partial charge in [-0.05, 0) is 19.8 Å². The molecule has 0 aromatic rings. The molecule has 4 aliphatic rings. The van der Waals surface area contributed by atoms with Gasteiger partial charge in [-0.1, -0.05) is 25.7 Å². The Morgan fingerprint density at radius 3 is 2.19 bits per heavy atom. The van der Waals surface area contributed by atoms with Crippen LogP contribution < -0.4 is 0 Å². The molecule has 0 amide bonds. The summed E-state index contributed by atoms with van der Waals surface area (Å²) in [4.78, 5) is 50.0. The van der Waals surface area contributed by atoms with Gasteiger partial charge in [-0.2, -0.15) is 0 Å². The Bertz CT molecular complexity index is 1070. The molecule has 1 unspecified atom stereocenters. The van der Waals surface area contributed by atoms with Crippen LogP contribution in [0.2, 0.25) is 0 Å². The lowest BCUT2D eigenvalue weighted by Crippen LogP contribution is -2.75. The number of carbonyl (C=O) groups excluding carboxylic acids is 4. The van der Waals surface area contributed by atoms with Gasteiger partial charge in [0.1, 0.15) is 18.3 Å². The number of hydrogen-bond donors (Lipinski definition) is 1. The SMILES string of the molecule is C=C1CC[C@H](OC(C)=O)[C@@]2(C)[C@H]1[C@@H](OC(C)=O)[C@@]13OC(O)(C[C@H]2OC(C)=O)C(=C)[C@H](Cl)[C@@H]1OC(=O)[C@@H]3C. The van der Waals surface area contributed by atoms with Crippen LogP contribution in [0.15, 0.2) is 24.3 Å². The zero-order chi connectivity index (χ0) is 27.7. The van der Waals surface area contributed by atoms with Gasteiger partial charge in [-0.25, -0.2) is 0 Å². The Morgan fingerprint density at radius 2 is 1.62 bits per heavy atom. The summed E-state index contributed by atoms with van der Waals surface area (Å²) in [5.74, 6) is -6.65. The number of fused-ring (bicyclic) bond motifs is 2. The maximum atomic E-state index is 13.0. The third kappa shape index (κ3) is 3.99. The van der Waals surface area contributed by atoms with Crippen LogP contribution in [0.25, 0.3) is 0 Å². The summed E-state index contributed by atoms with van der Waals surface area (Å²) in [6.45, 7) is 15.1. The molecule has 0 aromatic carbocycles. The second kappa shape index (κ2) is 9.10. The number of esters is 4. The minimum Gasteiger partial charge on any atom is -0.462 e. The molecule has 1 N–H and O–H groups in total. The van der Waals surface area contributed by atoms with E-state index in [4.69, 9.17) is 35.3 Å². The van der Waals surface area contributed by atoms with Crippen molar-refractivity contribution in [2.24, 2.45) is 17.3 Å². The van der Waals surface area contributed by atoms with Crippen LogP contribution in [0.4, 0.5) is 0 Å². The first kappa shape index (κ1) is 27.6. The summed E-state index contributed by atoms with van der Waals surface area (Å²) in [5, 5.41) is 10.8. The molecule has 1 saturated carbocycles. The van der Waals surface area contributed by atoms with Crippen molar-refractivity contribution in [1.82, 2.24) is 0 Å². The van der Waals surface area contributed by atoms with Gasteiger partial charge >= 0.3 is 23.9 Å². The van der Waals surface area contributed by atoms with Crippen LogP contribution in [0.1, 0.15) is 53.9 Å². The van der Waals surface area contributed by atoms with Crippen LogP contribution >= 0.6 is 11.6 Å². The Hall–Kier alpha value is -2.43. The van der Waals surface area contributed by atoms with Crippen LogP contribution in [-0.4, -0.2) is 70.2 Å². The second-order valence-electron chi connectivity index (χ2n) is 10.7. The predicted molar refractivity (Wildman–Crippen MR) is 128 cm³/mol. The molecule has 3 saturated heterocycles. The molecular formula is C26H33ClO10. The lowest BCUT2D eigenvalue weighted by Gasteiger charge is -2.62. The summed E-state index contributed by atoms with van der Waals surface area (Å²) in [7, 11) is 0. The zero-order valence-electron chi connectivity index (χ0n) is 21.6. The van der Waals surface area contributed by atoms with E-state index in [0.717, 1.165) is 0 Å². The molecule has 0 aromatic heterocycles. The van der Waals surface area contributed by atoms with E-state index in [1.165, 1.54) is 20.8 Å². The number of halogens is 1. The molecule has 10 atom stereocenters. The van der Waals surface area contributed by atoms with Crippen molar-refractivity contribution in [3.63, 3.8) is 0 Å². The minimum atomic E-state index is -2.21. The normalized spacial score (nSPS) is 44.9. The highest BCUT2D eigenvalue weighted by Crippen LogP contribution is 2.62. The summed E-state index contributed by atoms with van der Waals surface area (Å²) in [5.41, 5.74) is -2.42. The summed E-state index contributed by atoms with van der Waals surface area (Å²) in [6, 6.07) is 0. The standard InChI is InChI=1S/C26H33ClO10/c1-11-8-9-17(33-14(4)28)24(7)18(34-15(5)29)10-25(32)12(2)20(27)22-26(37-25,13(3)23(31)36-22)21(19(11)24)35-16(6)30/h13,17-22,32H,1-2,8-10H2,3-7H3/t13-,17-,18+,19+,20-,21+,22-,24+,25?,26+/m0/s1. The molecular weight excluding hydrogens is 508 g/mol. The lowest BCUT2D eigenvalue weighted by atomic mass is 9.53. The highest BCUT2D eigenvalue weighted by atomic mass is 35.5. The number of rotatable bonds is 3. The van der Waals surface area contributed by atoms with Crippen LogP contribution in [0.3, 0.4) is 0 Å². The summed E-state index contributed by atoms with van der Waals surface area (Å²) >= 11 is 6.75. The maximum absolute atomic E-state index is 13.0. The topological polar surface area (TPSA) is 135 Å². The van der Waals surface area contributed by atoms with Crippen molar-refractivity contribution >= 4 is 35.5 Å². The molecule has 11 heteroatoms. The molecule has 3 aliphatic heterocycles. The number of ether oxygens (including phenoxy) is 5. The fraction of sp³-hybridized carbons (Fsp3) is 0.692. The van der Waals surface area contributed by atoms with Crippen molar-refractivity contribution in [1.29, 1.82) is 0 Å². The van der Waals surface area contributed by atoms with Crippen LogP contribution in [-0.2, 0) is 42.9 Å². The fourth-order valence-corrected chi connectivity index (χ4v) is 7.20. The summed E-state index contributed by atoms with van der Waals surface area (Å²) in [6.07, 6.45) is -4.01. The van der Waals surface area contributed by atoms with Gasteiger partial charge < -0.3 is 28.8 Å². The largest absolute Gasteiger partial charge is 0.462 e. The van der Waals surface area contributed by atoms with Crippen molar-refractivity contribution in [3.05, 3.63) is 24.3 Å². The van der Waals surface area contributed by atoms with E-state index in [0.29, 0.717) is 18.4 Å². The molecule has 4 fully saturated rings. The zero-order valence-corrected chi connectivity index (χ0v) is 22.3. The smallest absolute Gasteiger partial charge is 0.312 e. The highest BCUT2D eigenvalue weighted by Gasteiger charge is 2.76. The molecule has 37 heavy (non-hydrogen) atoms. The molecule has 204 valence electrons. The Balaban J connectivity index is 2.06. The van der Waals surface area contributed by atoms with Crippen molar-refractivity contribution in [3.8, 4) is 0 Å². The minimum absolute atomic E-state index is 0.00357. The van der Waals surface area contributed by atoms with E-state index < -0.39 is 82.3 Å². The number of hydrogen-bond acceptors (Lipinski definition) is 10. The molecule has 10 nitrogen and oxygen atoms in total. The van der Waals surface area contributed by atoms with Crippen LogP contribution in [0.5, 0.6) is 0 Å². The molecule has 1 spiro atoms. The fourth-order valence-electron chi connectivity index (χ4n) is 6.78. The van der Waals surface area contributed by atoms with E-state index in [1.807, 2.05) is 0 Å². The third-order valence-corrected chi connectivity index (χ3v) is 9.00. The van der Waals surface area contributed by atoms with E-state index in [-0.39, 0.29) is 12.0 Å². The highest BCUT2D eigenvalue weighted by molar-refractivity contribution is 6.23. The monoisotopic (exact) mass is 540 g/mol. The van der Waals surface area contributed by atoms with Gasteiger partial charge in [0, 0.05) is 38.7 Å². The molecule has 4 rings (SSSR count). The van der Waals surface area contributed by atoms with Crippen molar-refractivity contribution in [2.75, 3.05) is 0 Å². The molecule has 3 heterocycles. The Kier molecular flexibility index (Phi) is 6.79. The van der Waals surface area contributed by atoms with Gasteiger partial charge in [0.2, 0.25) is 0 Å². The quantitative estimate of drug-likeness (QED) is 0.246. The summed E-state index contributed by atoms with van der Waals surface area (Å²) < 4.78 is 29.5. The molecule has 2 bridgehead atoms. The third-order valence-electron chi connectivity index (χ3n) is 8.51. The van der Waals surface area contributed by atoms with E-state index in [9.17, 15) is 24.3 Å². The lowest BCUT2D eigenvalue weighted by molar-refractivity contribution is -0.344. The van der Waals surface area contributed by atoms with E-state index in [1.54, 1.807) is 13.8 Å². The van der Waals surface area contributed by atoms with Crippen LogP contribution in [0, 0.1) is 17.3 Å². The van der Waals surface area contributed by atoms with Gasteiger partial charge in [0.15, 0.2) is 17.5 Å². The van der Waals surface area contributed by atoms with Gasteiger partial charge in [0.25, 0.3) is 0 Å². The number of alkyl halides is 1. The number of carbonyl (C=O) groups is 4. The maximum Gasteiger partial charge on any atom is 0.312 e. The Morgan fingerprint density at radius 1 is 1.05 bits per heavy atom. The van der Waals surface area contributed by atoms with Gasteiger partial charge in [0.05, 0.1) is 16.7 Å². The van der Waals surface area contributed by atoms with Crippen molar-refractivity contribution < 1.29 is 48.0 Å². The van der Waals surface area contributed by atoms with E-state index >= 15 is 0 Å².